The Bertz CT molecular complexity index is 1050. The van der Waals surface area contributed by atoms with Gasteiger partial charge in [-0.2, -0.15) is 0 Å². The van der Waals surface area contributed by atoms with Crippen LogP contribution >= 0.6 is 0 Å². The van der Waals surface area contributed by atoms with E-state index in [4.69, 9.17) is 8.83 Å². The molecule has 1 aliphatic rings. The molecule has 0 radical (unpaired) electrons. The fourth-order valence-electron chi connectivity index (χ4n) is 3.50. The highest BCUT2D eigenvalue weighted by molar-refractivity contribution is 6.02. The number of hydrogen-bond acceptors (Lipinski definition) is 5. The topological polar surface area (TPSA) is 103 Å². The average molecular weight is 435 g/mol. The third-order valence-electron chi connectivity index (χ3n) is 5.22. The molecule has 4 rings (SSSR count). The minimum atomic E-state index is -0.286. The first-order chi connectivity index (χ1) is 15.6. The van der Waals surface area contributed by atoms with Crippen molar-refractivity contribution in [3.63, 3.8) is 0 Å². The third kappa shape index (κ3) is 5.00. The second kappa shape index (κ2) is 9.86. The molecule has 9 nitrogen and oxygen atoms in total. The molecule has 1 fully saturated rings. The van der Waals surface area contributed by atoms with Crippen molar-refractivity contribution in [1.82, 2.24) is 15.1 Å². The molecule has 0 atom stereocenters. The van der Waals surface area contributed by atoms with E-state index in [1.165, 1.54) is 12.5 Å². The molecule has 0 aliphatic carbocycles. The van der Waals surface area contributed by atoms with Gasteiger partial charge in [0, 0.05) is 45.5 Å². The van der Waals surface area contributed by atoms with Crippen LogP contribution in [0, 0.1) is 0 Å². The summed E-state index contributed by atoms with van der Waals surface area (Å²) in [4.78, 5) is 32.8. The molecule has 3 heterocycles. The Morgan fingerprint density at radius 2 is 1.53 bits per heavy atom. The molecule has 0 saturated carbocycles. The van der Waals surface area contributed by atoms with Crippen molar-refractivity contribution in [2.45, 2.75) is 6.54 Å². The van der Waals surface area contributed by atoms with Gasteiger partial charge in [0.25, 0.3) is 11.8 Å². The fourth-order valence-corrected chi connectivity index (χ4v) is 3.50. The second-order valence-electron chi connectivity index (χ2n) is 7.29. The van der Waals surface area contributed by atoms with E-state index < -0.39 is 0 Å². The Balaban J connectivity index is 1.26. The van der Waals surface area contributed by atoms with Gasteiger partial charge in [0.15, 0.2) is 17.5 Å². The van der Waals surface area contributed by atoms with Crippen LogP contribution in [-0.4, -0.2) is 60.8 Å². The molecule has 1 aromatic carbocycles. The summed E-state index contributed by atoms with van der Waals surface area (Å²) < 4.78 is 10.3. The lowest BCUT2D eigenvalue weighted by atomic mass is 10.2. The van der Waals surface area contributed by atoms with Crippen LogP contribution in [0.5, 0.6) is 0 Å². The Morgan fingerprint density at radius 1 is 0.906 bits per heavy atom. The summed E-state index contributed by atoms with van der Waals surface area (Å²) in [6.07, 6.45) is 2.97. The number of furan rings is 2. The molecule has 166 valence electrons. The van der Waals surface area contributed by atoms with Crippen molar-refractivity contribution in [2.24, 2.45) is 4.99 Å². The van der Waals surface area contributed by atoms with Crippen molar-refractivity contribution in [2.75, 3.05) is 38.5 Å². The number of amides is 2. The predicted octanol–water partition coefficient (Wildman–Crippen LogP) is 2.66. The lowest BCUT2D eigenvalue weighted by molar-refractivity contribution is 0.0657. The van der Waals surface area contributed by atoms with Crippen LogP contribution in [0.4, 0.5) is 5.69 Å². The first-order valence-corrected chi connectivity index (χ1v) is 10.4. The van der Waals surface area contributed by atoms with Gasteiger partial charge in [-0.15, -0.1) is 0 Å². The van der Waals surface area contributed by atoms with Crippen LogP contribution in [0.2, 0.25) is 0 Å². The second-order valence-corrected chi connectivity index (χ2v) is 7.29. The van der Waals surface area contributed by atoms with E-state index in [9.17, 15) is 9.59 Å². The highest BCUT2D eigenvalue weighted by Gasteiger charge is 2.25. The van der Waals surface area contributed by atoms with Gasteiger partial charge in [0.2, 0.25) is 0 Å². The zero-order chi connectivity index (χ0) is 22.3. The number of carbonyl (C=O) groups excluding carboxylic acids is 2. The minimum Gasteiger partial charge on any atom is -0.459 e. The highest BCUT2D eigenvalue weighted by Crippen LogP contribution is 2.13. The molecular weight excluding hydrogens is 410 g/mol. The van der Waals surface area contributed by atoms with E-state index in [2.05, 4.69) is 20.5 Å². The summed E-state index contributed by atoms with van der Waals surface area (Å²) in [6, 6.07) is 14.3. The summed E-state index contributed by atoms with van der Waals surface area (Å²) in [7, 11) is 1.75. The highest BCUT2D eigenvalue weighted by atomic mass is 16.3. The van der Waals surface area contributed by atoms with Crippen LogP contribution < -0.4 is 10.6 Å². The van der Waals surface area contributed by atoms with Crippen molar-refractivity contribution in [1.29, 1.82) is 0 Å². The molecule has 1 aliphatic heterocycles. The SMILES string of the molecule is CN=C(NCc1ccc(NC(=O)c2ccco2)cc1)N1CCN(C(=O)c2ccco2)CC1. The van der Waals surface area contributed by atoms with Gasteiger partial charge in [-0.25, -0.2) is 0 Å². The molecule has 1 saturated heterocycles. The molecule has 3 aromatic rings. The number of piperazine rings is 1. The monoisotopic (exact) mass is 435 g/mol. The predicted molar refractivity (Wildman–Crippen MR) is 119 cm³/mol. The molecule has 2 amide bonds. The van der Waals surface area contributed by atoms with Crippen LogP contribution in [0.3, 0.4) is 0 Å². The number of benzene rings is 1. The third-order valence-corrected chi connectivity index (χ3v) is 5.22. The summed E-state index contributed by atoms with van der Waals surface area (Å²) in [5.74, 6) is 1.04. The molecule has 9 heteroatoms. The average Bonchev–Trinajstić information content (AvgIpc) is 3.55. The van der Waals surface area contributed by atoms with E-state index in [-0.39, 0.29) is 17.6 Å². The molecular formula is C23H25N5O4. The summed E-state index contributed by atoms with van der Waals surface area (Å²) in [5, 5.41) is 6.16. The van der Waals surface area contributed by atoms with E-state index in [0.29, 0.717) is 44.2 Å². The first kappa shape index (κ1) is 21.2. The van der Waals surface area contributed by atoms with Crippen LogP contribution in [0.15, 0.2) is 74.9 Å². The van der Waals surface area contributed by atoms with Gasteiger partial charge in [0.05, 0.1) is 12.5 Å². The van der Waals surface area contributed by atoms with Crippen molar-refractivity contribution in [3.8, 4) is 0 Å². The smallest absolute Gasteiger partial charge is 0.291 e. The first-order valence-electron chi connectivity index (χ1n) is 10.4. The molecule has 0 spiro atoms. The standard InChI is InChI=1S/C23H25N5O4/c1-24-23(28-12-10-27(11-13-28)22(30)20-5-3-15-32-20)25-16-17-6-8-18(9-7-17)26-21(29)19-4-2-14-31-19/h2-9,14-15H,10-13,16H2,1H3,(H,24,25)(H,26,29). The number of hydrogen-bond donors (Lipinski definition) is 2. The van der Waals surface area contributed by atoms with Crippen LogP contribution in [-0.2, 0) is 6.54 Å². The van der Waals surface area contributed by atoms with E-state index in [1.54, 1.807) is 36.2 Å². The quantitative estimate of drug-likeness (QED) is 0.472. The number of nitrogens with one attached hydrogen (secondary N) is 2. The zero-order valence-corrected chi connectivity index (χ0v) is 17.8. The summed E-state index contributed by atoms with van der Waals surface area (Å²) in [6.45, 7) is 3.16. The molecule has 32 heavy (non-hydrogen) atoms. The number of nitrogens with zero attached hydrogens (tertiary/aromatic N) is 3. The van der Waals surface area contributed by atoms with Gasteiger partial charge >= 0.3 is 0 Å². The lowest BCUT2D eigenvalue weighted by Gasteiger charge is -2.36. The van der Waals surface area contributed by atoms with Crippen LogP contribution in [0.25, 0.3) is 0 Å². The maximum Gasteiger partial charge on any atom is 0.291 e. The number of rotatable bonds is 5. The number of carbonyl (C=O) groups is 2. The van der Waals surface area contributed by atoms with Gasteiger partial charge in [-0.05, 0) is 42.0 Å². The lowest BCUT2D eigenvalue weighted by Crippen LogP contribution is -2.53. The van der Waals surface area contributed by atoms with Gasteiger partial charge in [0.1, 0.15) is 0 Å². The van der Waals surface area contributed by atoms with Gasteiger partial charge in [-0.3, -0.25) is 14.6 Å². The Kier molecular flexibility index (Phi) is 6.54. The minimum absolute atomic E-state index is 0.0863. The molecule has 2 aromatic heterocycles. The Morgan fingerprint density at radius 3 is 2.12 bits per heavy atom. The maximum atomic E-state index is 12.4. The van der Waals surface area contributed by atoms with Crippen molar-refractivity contribution < 1.29 is 18.4 Å². The van der Waals surface area contributed by atoms with E-state index in [0.717, 1.165) is 11.5 Å². The normalized spacial score (nSPS) is 14.3. The van der Waals surface area contributed by atoms with Gasteiger partial charge < -0.3 is 29.3 Å². The maximum absolute atomic E-state index is 12.4. The van der Waals surface area contributed by atoms with Gasteiger partial charge in [-0.1, -0.05) is 12.1 Å². The number of anilines is 1. The molecule has 2 N–H and O–H groups in total. The zero-order valence-electron chi connectivity index (χ0n) is 17.8. The Labute approximate surface area is 185 Å². The summed E-state index contributed by atoms with van der Waals surface area (Å²) in [5.41, 5.74) is 1.74. The van der Waals surface area contributed by atoms with Crippen molar-refractivity contribution >= 4 is 23.5 Å². The Hall–Kier alpha value is -4.01. The molecule has 0 bridgehead atoms. The van der Waals surface area contributed by atoms with Crippen molar-refractivity contribution in [3.05, 3.63) is 78.1 Å². The van der Waals surface area contributed by atoms with E-state index >= 15 is 0 Å². The van der Waals surface area contributed by atoms with Crippen LogP contribution in [0.1, 0.15) is 26.7 Å². The fraction of sp³-hybridized carbons (Fsp3) is 0.261. The number of guanidine groups is 1. The number of aliphatic imine (C=N–C) groups is 1. The largest absolute Gasteiger partial charge is 0.459 e. The van der Waals surface area contributed by atoms with E-state index in [1.807, 2.05) is 24.3 Å². The summed E-state index contributed by atoms with van der Waals surface area (Å²) >= 11 is 0. The molecule has 0 unspecified atom stereocenters.